The van der Waals surface area contributed by atoms with E-state index in [4.69, 9.17) is 18.9 Å². The second kappa shape index (κ2) is 8.74. The zero-order valence-corrected chi connectivity index (χ0v) is 18.7. The maximum atomic E-state index is 10.4. The third-order valence-electron chi connectivity index (χ3n) is 6.19. The molecule has 0 spiro atoms. The van der Waals surface area contributed by atoms with Gasteiger partial charge in [-0.2, -0.15) is 0 Å². The number of aliphatic hydroxyl groups is 1. The molecule has 0 saturated carbocycles. The van der Waals surface area contributed by atoms with E-state index in [1.165, 1.54) is 11.3 Å². The SMILES string of the molecule is COc1cc2c(cc1OC)C1=[N+](CC2)C(CO)c2c(ccc(OC)c2OC)C1C.[Cl-]. The van der Waals surface area contributed by atoms with Crippen LogP contribution in [0.3, 0.4) is 0 Å². The van der Waals surface area contributed by atoms with Crippen molar-refractivity contribution in [2.45, 2.75) is 25.3 Å². The van der Waals surface area contributed by atoms with Gasteiger partial charge in [0.2, 0.25) is 6.04 Å². The molecule has 0 aromatic heterocycles. The molecule has 0 radical (unpaired) electrons. The average Bonchev–Trinajstić information content (AvgIpc) is 2.77. The smallest absolute Gasteiger partial charge is 0.205 e. The largest absolute Gasteiger partial charge is 1.00 e. The fourth-order valence-electron chi connectivity index (χ4n) is 4.87. The van der Waals surface area contributed by atoms with Crippen LogP contribution in [0.2, 0.25) is 0 Å². The lowest BCUT2D eigenvalue weighted by Crippen LogP contribution is -3.00. The number of benzene rings is 2. The summed E-state index contributed by atoms with van der Waals surface area (Å²) in [5.41, 5.74) is 5.75. The van der Waals surface area contributed by atoms with E-state index in [1.54, 1.807) is 28.4 Å². The second-order valence-electron chi connectivity index (χ2n) is 7.42. The van der Waals surface area contributed by atoms with E-state index < -0.39 is 0 Å². The van der Waals surface area contributed by atoms with Gasteiger partial charge in [-0.3, -0.25) is 0 Å². The number of aliphatic hydroxyl groups excluding tert-OH is 1. The number of hydrogen-bond acceptors (Lipinski definition) is 5. The van der Waals surface area contributed by atoms with Gasteiger partial charge in [0.15, 0.2) is 28.7 Å². The normalized spacial score (nSPS) is 19.1. The third kappa shape index (κ3) is 3.19. The molecule has 0 aliphatic carbocycles. The van der Waals surface area contributed by atoms with Gasteiger partial charge in [0.05, 0.1) is 39.9 Å². The molecule has 7 heteroatoms. The highest BCUT2D eigenvalue weighted by Crippen LogP contribution is 2.46. The molecule has 2 heterocycles. The van der Waals surface area contributed by atoms with Crippen molar-refractivity contribution in [2.75, 3.05) is 41.6 Å². The van der Waals surface area contributed by atoms with Crippen molar-refractivity contribution in [2.24, 2.45) is 0 Å². The van der Waals surface area contributed by atoms with Crippen LogP contribution in [0.4, 0.5) is 0 Å². The molecule has 162 valence electrons. The first kappa shape index (κ1) is 22.2. The van der Waals surface area contributed by atoms with E-state index >= 15 is 0 Å². The Labute approximate surface area is 183 Å². The number of methoxy groups -OCH3 is 4. The minimum absolute atomic E-state index is 0. The zero-order chi connectivity index (χ0) is 20.7. The number of ether oxygens (including phenoxy) is 4. The van der Waals surface area contributed by atoms with Gasteiger partial charge >= 0.3 is 0 Å². The molecule has 0 saturated heterocycles. The molecule has 2 unspecified atom stereocenters. The summed E-state index contributed by atoms with van der Waals surface area (Å²) in [6.45, 7) is 3.01. The maximum absolute atomic E-state index is 10.4. The molecule has 2 aromatic carbocycles. The van der Waals surface area contributed by atoms with Crippen LogP contribution >= 0.6 is 0 Å². The molecular formula is C23H28ClNO5. The van der Waals surface area contributed by atoms with E-state index in [0.717, 1.165) is 35.4 Å². The topological polar surface area (TPSA) is 60.2 Å². The molecule has 2 aliphatic heterocycles. The summed E-state index contributed by atoms with van der Waals surface area (Å²) in [4.78, 5) is 0. The standard InChI is InChI=1S/C23H28NO5.ClH/c1-13-15-6-7-18(26-2)23(29-5)21(15)17(12-25)24-9-8-14-10-19(27-3)20(28-4)11-16(14)22(13)24;/h6-7,10-11,13,17,25H,8-9,12H2,1-5H3;1H/q+1;/p-1. The highest BCUT2D eigenvalue weighted by atomic mass is 35.5. The highest BCUT2D eigenvalue weighted by molar-refractivity contribution is 6.04. The molecule has 2 aliphatic rings. The molecule has 2 atom stereocenters. The van der Waals surface area contributed by atoms with Gasteiger partial charge in [-0.25, -0.2) is 4.58 Å². The summed E-state index contributed by atoms with van der Waals surface area (Å²) < 4.78 is 24.6. The molecule has 6 nitrogen and oxygen atoms in total. The van der Waals surface area contributed by atoms with Crippen LogP contribution in [0, 0.1) is 0 Å². The minimum Gasteiger partial charge on any atom is -1.00 e. The van der Waals surface area contributed by atoms with Crippen molar-refractivity contribution in [1.82, 2.24) is 0 Å². The Morgan fingerprint density at radius 1 is 0.967 bits per heavy atom. The van der Waals surface area contributed by atoms with E-state index in [2.05, 4.69) is 29.7 Å². The summed E-state index contributed by atoms with van der Waals surface area (Å²) >= 11 is 0. The van der Waals surface area contributed by atoms with E-state index in [9.17, 15) is 5.11 Å². The monoisotopic (exact) mass is 433 g/mol. The van der Waals surface area contributed by atoms with Crippen molar-refractivity contribution in [3.63, 3.8) is 0 Å². The molecule has 0 fully saturated rings. The van der Waals surface area contributed by atoms with Crippen molar-refractivity contribution >= 4 is 5.71 Å². The van der Waals surface area contributed by atoms with Gasteiger partial charge < -0.3 is 36.5 Å². The van der Waals surface area contributed by atoms with Crippen molar-refractivity contribution in [3.05, 3.63) is 46.5 Å². The predicted molar refractivity (Wildman–Crippen MR) is 110 cm³/mol. The first-order valence-electron chi connectivity index (χ1n) is 9.83. The molecular weight excluding hydrogens is 406 g/mol. The summed E-state index contributed by atoms with van der Waals surface area (Å²) in [5, 5.41) is 10.4. The Bertz CT molecular complexity index is 988. The number of nitrogens with zero attached hydrogens (tertiary/aromatic N) is 1. The first-order chi connectivity index (χ1) is 14.1. The average molecular weight is 434 g/mol. The third-order valence-corrected chi connectivity index (χ3v) is 6.19. The molecule has 0 amide bonds. The quantitative estimate of drug-likeness (QED) is 0.669. The summed E-state index contributed by atoms with van der Waals surface area (Å²) in [7, 11) is 6.61. The summed E-state index contributed by atoms with van der Waals surface area (Å²) in [6, 6.07) is 7.97. The number of rotatable bonds is 5. The Morgan fingerprint density at radius 2 is 1.63 bits per heavy atom. The van der Waals surface area contributed by atoms with Gasteiger partial charge in [0.25, 0.3) is 0 Å². The van der Waals surface area contributed by atoms with Gasteiger partial charge in [-0.05, 0) is 36.2 Å². The fourth-order valence-corrected chi connectivity index (χ4v) is 4.87. The fraction of sp³-hybridized carbons (Fsp3) is 0.435. The molecule has 0 bridgehead atoms. The molecule has 2 aromatic rings. The van der Waals surface area contributed by atoms with E-state index in [-0.39, 0.29) is 31.0 Å². The zero-order valence-electron chi connectivity index (χ0n) is 18.0. The predicted octanol–water partition coefficient (Wildman–Crippen LogP) is -0.0666. The first-order valence-corrected chi connectivity index (χ1v) is 9.83. The van der Waals surface area contributed by atoms with Crippen molar-refractivity contribution < 1.29 is 41.0 Å². The Morgan fingerprint density at radius 3 is 2.23 bits per heavy atom. The van der Waals surface area contributed by atoms with E-state index in [0.29, 0.717) is 17.2 Å². The number of hydrogen-bond donors (Lipinski definition) is 1. The highest BCUT2D eigenvalue weighted by Gasteiger charge is 2.44. The van der Waals surface area contributed by atoms with E-state index in [1.807, 2.05) is 6.07 Å². The molecule has 30 heavy (non-hydrogen) atoms. The summed E-state index contributed by atoms with van der Waals surface area (Å²) in [5.74, 6) is 2.97. The van der Waals surface area contributed by atoms with Crippen LogP contribution < -0.4 is 31.4 Å². The van der Waals surface area contributed by atoms with Crippen molar-refractivity contribution in [3.8, 4) is 23.0 Å². The Balaban J connectivity index is 0.00000256. The maximum Gasteiger partial charge on any atom is 0.205 e. The molecule has 4 rings (SSSR count). The van der Waals surface area contributed by atoms with Gasteiger partial charge in [-0.15, -0.1) is 0 Å². The van der Waals surface area contributed by atoms with Crippen LogP contribution in [0.5, 0.6) is 23.0 Å². The minimum atomic E-state index is -0.192. The van der Waals surface area contributed by atoms with Crippen LogP contribution in [-0.2, 0) is 6.42 Å². The lowest BCUT2D eigenvalue weighted by molar-refractivity contribution is -0.579. The lowest BCUT2D eigenvalue weighted by Gasteiger charge is -2.33. The van der Waals surface area contributed by atoms with Crippen LogP contribution in [0.1, 0.15) is 41.1 Å². The Hall–Kier alpha value is -2.44. The van der Waals surface area contributed by atoms with Crippen molar-refractivity contribution in [1.29, 1.82) is 0 Å². The lowest BCUT2D eigenvalue weighted by atomic mass is 9.78. The summed E-state index contributed by atoms with van der Waals surface area (Å²) in [6.07, 6.45) is 0.865. The van der Waals surface area contributed by atoms with Crippen LogP contribution in [0.15, 0.2) is 24.3 Å². The van der Waals surface area contributed by atoms with Crippen LogP contribution in [0.25, 0.3) is 0 Å². The van der Waals surface area contributed by atoms with Crippen LogP contribution in [-0.4, -0.2) is 57.0 Å². The van der Waals surface area contributed by atoms with Gasteiger partial charge in [-0.1, -0.05) is 6.07 Å². The number of halogens is 1. The second-order valence-corrected chi connectivity index (χ2v) is 7.42. The Kier molecular flexibility index (Phi) is 6.48. The number of fused-ring (bicyclic) bond motifs is 3. The van der Waals surface area contributed by atoms with Gasteiger partial charge in [0, 0.05) is 12.0 Å². The molecule has 1 N–H and O–H groups in total. The van der Waals surface area contributed by atoms with Gasteiger partial charge in [0.1, 0.15) is 13.2 Å².